The molecular weight excluding hydrogens is 498 g/mol. The minimum atomic E-state index is -1.26. The molecule has 0 radical (unpaired) electrons. The topological polar surface area (TPSA) is 203 Å². The maximum atomic E-state index is 14.8. The maximum Gasteiger partial charge on any atom is 0.437 e. The van der Waals surface area contributed by atoms with Crippen LogP contribution in [-0.2, 0) is 25.8 Å². The number of aliphatic imine (C=N–C) groups is 1. The number of hydrogen-bond acceptors (Lipinski definition) is 8. The van der Waals surface area contributed by atoms with Crippen LogP contribution in [0, 0.1) is 11.6 Å². The monoisotopic (exact) mass is 520 g/mol. The first-order valence-corrected chi connectivity index (χ1v) is 10.2. The number of aromatic nitrogens is 1. The number of carboxylic acids is 2. The van der Waals surface area contributed by atoms with E-state index in [0.29, 0.717) is 25.2 Å². The lowest BCUT2D eigenvalue weighted by Crippen LogP contribution is -2.48. The molecule has 0 atom stereocenters. The first-order valence-electron chi connectivity index (χ1n) is 10.2. The minimum absolute atomic E-state index is 0.0780. The van der Waals surface area contributed by atoms with E-state index in [1.54, 1.807) is 11.0 Å². The van der Waals surface area contributed by atoms with Gasteiger partial charge in [0, 0.05) is 35.0 Å². The molecule has 1 aromatic carbocycles. The lowest BCUT2D eigenvalue weighted by Gasteiger charge is -2.33. The van der Waals surface area contributed by atoms with Crippen molar-refractivity contribution in [1.29, 1.82) is 0 Å². The normalized spacial score (nSPS) is 12.1. The second-order valence-corrected chi connectivity index (χ2v) is 7.11. The highest BCUT2D eigenvalue weighted by Crippen LogP contribution is 2.29. The Labute approximate surface area is 208 Å². The number of guanidine groups is 1. The predicted molar refractivity (Wildman–Crippen MR) is 127 cm³/mol. The molecule has 1 aliphatic heterocycles. The van der Waals surface area contributed by atoms with Gasteiger partial charge in [0.2, 0.25) is 0 Å². The van der Waals surface area contributed by atoms with Crippen molar-refractivity contribution in [2.24, 2.45) is 21.6 Å². The van der Waals surface area contributed by atoms with E-state index < -0.39 is 42.2 Å². The molecule has 37 heavy (non-hydrogen) atoms. The molecule has 0 unspecified atom stereocenters. The van der Waals surface area contributed by atoms with Gasteiger partial charge in [-0.15, -0.1) is 4.99 Å². The Morgan fingerprint density at radius 3 is 2.35 bits per heavy atom. The molecule has 13 nitrogen and oxygen atoms in total. The van der Waals surface area contributed by atoms with Crippen LogP contribution >= 0.6 is 0 Å². The standard InChI is InChI=1S/C18H18F2N6O3.C4H4O4/c1-28-25-12-7-26(8-12)16-14(19)5-11(6-23-16)13-4-2-3-10(15(13)20)9-29-18(27)24-17(21)22;5-3(6)1-2-4(7)8/h2-6H,7-9H2,1H3,(H4,21,22,24,27);1-2H,(H,5,6)(H,7,8)/b;2-1-. The minimum Gasteiger partial charge on any atom is -0.478 e. The quantitative estimate of drug-likeness (QED) is 0.178. The molecule has 1 aliphatic rings. The van der Waals surface area contributed by atoms with E-state index >= 15 is 0 Å². The number of amides is 1. The van der Waals surface area contributed by atoms with Crippen molar-refractivity contribution in [3.05, 3.63) is 59.8 Å². The summed E-state index contributed by atoms with van der Waals surface area (Å²) in [5.41, 5.74) is 11.3. The first kappa shape index (κ1) is 28.2. The molecule has 0 saturated carbocycles. The Bertz CT molecular complexity index is 1240. The fourth-order valence-electron chi connectivity index (χ4n) is 2.88. The molecule has 0 bridgehead atoms. The molecular formula is C22H22F2N6O7. The van der Waals surface area contributed by atoms with Crippen molar-refractivity contribution in [3.63, 3.8) is 0 Å². The molecule has 1 saturated heterocycles. The predicted octanol–water partition coefficient (Wildman–Crippen LogP) is 1.47. The van der Waals surface area contributed by atoms with Crippen LogP contribution in [0.15, 0.2) is 52.8 Å². The van der Waals surface area contributed by atoms with Crippen molar-refractivity contribution in [2.45, 2.75) is 6.61 Å². The van der Waals surface area contributed by atoms with Crippen LogP contribution in [-0.4, -0.2) is 65.1 Å². The number of nitrogens with two attached hydrogens (primary N) is 2. The van der Waals surface area contributed by atoms with Gasteiger partial charge in [0.05, 0.1) is 18.8 Å². The van der Waals surface area contributed by atoms with Crippen molar-refractivity contribution >= 4 is 35.5 Å². The van der Waals surface area contributed by atoms with E-state index in [0.717, 1.165) is 5.71 Å². The zero-order chi connectivity index (χ0) is 27.5. The average molecular weight is 520 g/mol. The van der Waals surface area contributed by atoms with Gasteiger partial charge in [-0.1, -0.05) is 23.4 Å². The van der Waals surface area contributed by atoms with Gasteiger partial charge in [-0.05, 0) is 6.07 Å². The van der Waals surface area contributed by atoms with E-state index in [4.69, 9.17) is 26.4 Å². The SMILES string of the molecule is CON=C1CN(c2ncc(-c3cccc(COC(=O)N=C(N)N)c3F)cc2F)C1.O=C(O)/C=C\C(=O)O. The van der Waals surface area contributed by atoms with Crippen molar-refractivity contribution < 1.29 is 43.0 Å². The smallest absolute Gasteiger partial charge is 0.437 e. The summed E-state index contributed by atoms with van der Waals surface area (Å²) < 4.78 is 34.1. The number of carbonyl (C=O) groups is 3. The fourth-order valence-corrected chi connectivity index (χ4v) is 2.88. The van der Waals surface area contributed by atoms with Crippen molar-refractivity contribution in [1.82, 2.24) is 4.98 Å². The summed E-state index contributed by atoms with van der Waals surface area (Å²) in [6, 6.07) is 5.65. The number of halogens is 2. The van der Waals surface area contributed by atoms with E-state index in [1.165, 1.54) is 31.5 Å². The third-order valence-corrected chi connectivity index (χ3v) is 4.42. The molecule has 3 rings (SSSR count). The summed E-state index contributed by atoms with van der Waals surface area (Å²) in [6.07, 6.45) is 1.44. The summed E-state index contributed by atoms with van der Waals surface area (Å²) in [6.45, 7) is 0.420. The van der Waals surface area contributed by atoms with Gasteiger partial charge >= 0.3 is 18.0 Å². The number of benzene rings is 1. The highest BCUT2D eigenvalue weighted by molar-refractivity contribution is 5.99. The van der Waals surface area contributed by atoms with Crippen LogP contribution in [0.3, 0.4) is 0 Å². The van der Waals surface area contributed by atoms with E-state index in [1.807, 2.05) is 0 Å². The first-order chi connectivity index (χ1) is 17.5. The molecule has 15 heteroatoms. The maximum absolute atomic E-state index is 14.8. The molecule has 1 amide bonds. The Kier molecular flexibility index (Phi) is 9.99. The number of nitrogens with zero attached hydrogens (tertiary/aromatic N) is 4. The number of hydrogen-bond donors (Lipinski definition) is 4. The zero-order valence-electron chi connectivity index (χ0n) is 19.3. The largest absolute Gasteiger partial charge is 0.478 e. The van der Waals surface area contributed by atoms with Gasteiger partial charge in [0.1, 0.15) is 19.5 Å². The van der Waals surface area contributed by atoms with Crippen LogP contribution < -0.4 is 16.4 Å². The van der Waals surface area contributed by atoms with Crippen LogP contribution in [0.5, 0.6) is 0 Å². The van der Waals surface area contributed by atoms with Crippen LogP contribution in [0.25, 0.3) is 11.1 Å². The summed E-state index contributed by atoms with van der Waals surface area (Å²) in [5.74, 6) is -4.10. The van der Waals surface area contributed by atoms with Crippen molar-refractivity contribution in [3.8, 4) is 11.1 Å². The molecule has 1 fully saturated rings. The Hall–Kier alpha value is -5.08. The zero-order valence-corrected chi connectivity index (χ0v) is 19.3. The number of aliphatic carboxylic acids is 2. The third kappa shape index (κ3) is 8.57. The van der Waals surface area contributed by atoms with Gasteiger partial charge < -0.3 is 36.2 Å². The molecule has 2 heterocycles. The summed E-state index contributed by atoms with van der Waals surface area (Å²) in [5, 5.41) is 19.4. The average Bonchev–Trinajstić information content (AvgIpc) is 2.79. The summed E-state index contributed by atoms with van der Waals surface area (Å²) in [7, 11) is 1.44. The van der Waals surface area contributed by atoms with Crippen LogP contribution in [0.4, 0.5) is 19.4 Å². The van der Waals surface area contributed by atoms with Gasteiger partial charge in [-0.3, -0.25) is 0 Å². The molecule has 196 valence electrons. The van der Waals surface area contributed by atoms with Gasteiger partial charge in [0.15, 0.2) is 17.6 Å². The molecule has 1 aromatic heterocycles. The highest BCUT2D eigenvalue weighted by atomic mass is 19.1. The summed E-state index contributed by atoms with van der Waals surface area (Å²) in [4.78, 5) is 44.1. The number of anilines is 1. The number of rotatable bonds is 7. The van der Waals surface area contributed by atoms with E-state index in [-0.39, 0.29) is 22.5 Å². The number of carboxylic acid groups (broad SMARTS) is 2. The third-order valence-electron chi connectivity index (χ3n) is 4.42. The van der Waals surface area contributed by atoms with Crippen molar-refractivity contribution in [2.75, 3.05) is 25.1 Å². The second kappa shape index (κ2) is 13.1. The van der Waals surface area contributed by atoms with Gasteiger partial charge in [0.25, 0.3) is 0 Å². The number of oxime groups is 1. The van der Waals surface area contributed by atoms with E-state index in [9.17, 15) is 23.2 Å². The number of pyridine rings is 1. The molecule has 0 spiro atoms. The Morgan fingerprint density at radius 1 is 1.16 bits per heavy atom. The van der Waals surface area contributed by atoms with Crippen LogP contribution in [0.2, 0.25) is 0 Å². The lowest BCUT2D eigenvalue weighted by molar-refractivity contribution is -0.134. The highest BCUT2D eigenvalue weighted by Gasteiger charge is 2.26. The van der Waals surface area contributed by atoms with Gasteiger partial charge in [-0.2, -0.15) is 0 Å². The molecule has 2 aromatic rings. The molecule has 0 aliphatic carbocycles. The number of ether oxygens (including phenoxy) is 1. The summed E-state index contributed by atoms with van der Waals surface area (Å²) >= 11 is 0. The Morgan fingerprint density at radius 2 is 1.81 bits per heavy atom. The van der Waals surface area contributed by atoms with Crippen LogP contribution in [0.1, 0.15) is 5.56 Å². The Balaban J connectivity index is 0.000000521. The second-order valence-electron chi connectivity index (χ2n) is 7.11. The molecule has 6 N–H and O–H groups in total. The lowest BCUT2D eigenvalue weighted by atomic mass is 10.0. The van der Waals surface area contributed by atoms with Gasteiger partial charge in [-0.25, -0.2) is 28.1 Å². The van der Waals surface area contributed by atoms with E-state index in [2.05, 4.69) is 20.0 Å². The number of carbonyl (C=O) groups excluding carboxylic acids is 1. The fraction of sp³-hybridized carbons (Fsp3) is 0.182.